The maximum Gasteiger partial charge on any atom is 0.307 e. The van der Waals surface area contributed by atoms with Gasteiger partial charge in [0.15, 0.2) is 5.76 Å². The van der Waals surface area contributed by atoms with E-state index in [-0.39, 0.29) is 5.76 Å². The van der Waals surface area contributed by atoms with Crippen LogP contribution in [0.15, 0.2) is 64.3 Å². The van der Waals surface area contributed by atoms with Gasteiger partial charge in [0.05, 0.1) is 25.3 Å². The van der Waals surface area contributed by atoms with Crippen LogP contribution in [0.5, 0.6) is 5.75 Å². The van der Waals surface area contributed by atoms with Gasteiger partial charge >= 0.3 is 5.91 Å². The maximum absolute atomic E-state index is 11.8. The number of hydrogen-bond acceptors (Lipinski definition) is 4. The van der Waals surface area contributed by atoms with Gasteiger partial charge in [0.1, 0.15) is 5.75 Å². The van der Waals surface area contributed by atoms with Crippen LogP contribution in [-0.4, -0.2) is 23.8 Å². The number of rotatable bonds is 5. The fourth-order valence-electron chi connectivity index (χ4n) is 2.36. The molecule has 122 valence electrons. The molecule has 0 fully saturated rings. The van der Waals surface area contributed by atoms with Crippen LogP contribution < -0.4 is 10.2 Å². The fourth-order valence-corrected chi connectivity index (χ4v) is 2.36. The highest BCUT2D eigenvalue weighted by atomic mass is 16.5. The summed E-state index contributed by atoms with van der Waals surface area (Å²) in [6.07, 6.45) is 3.04. The SMILES string of the molecule is COc1ccc(-n2c(C)ccc2/C=N\NC(=O)c2ccco2)cc1. The molecule has 0 aliphatic rings. The second-order valence-corrected chi connectivity index (χ2v) is 5.11. The van der Waals surface area contributed by atoms with Gasteiger partial charge in [-0.3, -0.25) is 4.79 Å². The average Bonchev–Trinajstić information content (AvgIpc) is 3.25. The van der Waals surface area contributed by atoms with Crippen LogP contribution >= 0.6 is 0 Å². The third-order valence-electron chi connectivity index (χ3n) is 3.54. The van der Waals surface area contributed by atoms with Crippen molar-refractivity contribution in [1.29, 1.82) is 0 Å². The minimum atomic E-state index is -0.393. The third kappa shape index (κ3) is 3.22. The zero-order chi connectivity index (χ0) is 16.9. The highest BCUT2D eigenvalue weighted by Gasteiger charge is 2.08. The smallest absolute Gasteiger partial charge is 0.307 e. The molecular weight excluding hydrogens is 306 g/mol. The molecular formula is C18H17N3O3. The summed E-state index contributed by atoms with van der Waals surface area (Å²) in [6.45, 7) is 2.00. The third-order valence-corrected chi connectivity index (χ3v) is 3.54. The molecule has 6 heteroatoms. The molecule has 0 bridgehead atoms. The number of hydrazone groups is 1. The van der Waals surface area contributed by atoms with Gasteiger partial charge in [-0.05, 0) is 55.5 Å². The van der Waals surface area contributed by atoms with Crippen molar-refractivity contribution >= 4 is 12.1 Å². The number of aromatic nitrogens is 1. The van der Waals surface area contributed by atoms with Crippen LogP contribution in [0.25, 0.3) is 5.69 Å². The van der Waals surface area contributed by atoms with Gasteiger partial charge in [-0.2, -0.15) is 5.10 Å². The Morgan fingerprint density at radius 2 is 2.00 bits per heavy atom. The average molecular weight is 323 g/mol. The quantitative estimate of drug-likeness (QED) is 0.579. The standard InChI is InChI=1S/C18H17N3O3/c1-13-5-6-15(12-19-20-18(22)17-4-3-11-24-17)21(13)14-7-9-16(23-2)10-8-14/h3-12H,1-2H3,(H,20,22)/b19-12-. The molecule has 3 aromatic rings. The lowest BCUT2D eigenvalue weighted by molar-refractivity contribution is 0.0927. The number of aryl methyl sites for hydroxylation is 1. The van der Waals surface area contributed by atoms with E-state index >= 15 is 0 Å². The van der Waals surface area contributed by atoms with E-state index in [1.165, 1.54) is 6.26 Å². The number of nitrogens with one attached hydrogen (secondary N) is 1. The van der Waals surface area contributed by atoms with E-state index in [4.69, 9.17) is 9.15 Å². The summed E-state index contributed by atoms with van der Waals surface area (Å²) in [7, 11) is 1.63. The van der Waals surface area contributed by atoms with Gasteiger partial charge in [0.25, 0.3) is 0 Å². The van der Waals surface area contributed by atoms with Gasteiger partial charge in [-0.15, -0.1) is 0 Å². The lowest BCUT2D eigenvalue weighted by Crippen LogP contribution is -2.17. The molecule has 0 spiro atoms. The van der Waals surface area contributed by atoms with Crippen LogP contribution in [0.2, 0.25) is 0 Å². The molecule has 0 unspecified atom stereocenters. The van der Waals surface area contributed by atoms with E-state index in [0.717, 1.165) is 22.8 Å². The second-order valence-electron chi connectivity index (χ2n) is 5.11. The number of carbonyl (C=O) groups is 1. The monoisotopic (exact) mass is 323 g/mol. The van der Waals surface area contributed by atoms with Gasteiger partial charge in [-0.1, -0.05) is 0 Å². The molecule has 0 radical (unpaired) electrons. The summed E-state index contributed by atoms with van der Waals surface area (Å²) in [5, 5.41) is 4.00. The Kier molecular flexibility index (Phi) is 4.47. The lowest BCUT2D eigenvalue weighted by atomic mass is 10.3. The van der Waals surface area contributed by atoms with Crippen molar-refractivity contribution in [2.45, 2.75) is 6.92 Å². The molecule has 0 aliphatic heterocycles. The summed E-state index contributed by atoms with van der Waals surface area (Å²) >= 11 is 0. The Hall–Kier alpha value is -3.28. The van der Waals surface area contributed by atoms with Crippen molar-refractivity contribution in [1.82, 2.24) is 9.99 Å². The first-order valence-electron chi connectivity index (χ1n) is 7.39. The number of benzene rings is 1. The Morgan fingerprint density at radius 1 is 1.21 bits per heavy atom. The van der Waals surface area contributed by atoms with Crippen molar-refractivity contribution < 1.29 is 13.9 Å². The van der Waals surface area contributed by atoms with E-state index in [2.05, 4.69) is 10.5 Å². The first-order chi connectivity index (χ1) is 11.7. The molecule has 6 nitrogen and oxygen atoms in total. The maximum atomic E-state index is 11.8. The molecule has 0 saturated carbocycles. The molecule has 24 heavy (non-hydrogen) atoms. The molecule has 0 atom stereocenters. The van der Waals surface area contributed by atoms with Crippen molar-refractivity contribution in [3.05, 3.63) is 71.9 Å². The van der Waals surface area contributed by atoms with E-state index in [9.17, 15) is 4.79 Å². The summed E-state index contributed by atoms with van der Waals surface area (Å²) in [5.74, 6) is 0.619. The predicted molar refractivity (Wildman–Crippen MR) is 90.8 cm³/mol. The second kappa shape index (κ2) is 6.87. The number of hydrogen-bond donors (Lipinski definition) is 1. The molecule has 0 aliphatic carbocycles. The van der Waals surface area contributed by atoms with Crippen LogP contribution in [0.3, 0.4) is 0 Å². The Bertz CT molecular complexity index is 846. The Morgan fingerprint density at radius 3 is 2.67 bits per heavy atom. The number of carbonyl (C=O) groups excluding carboxylic acids is 1. The van der Waals surface area contributed by atoms with Crippen LogP contribution in [0.1, 0.15) is 21.9 Å². The molecule has 3 rings (SSSR count). The predicted octanol–water partition coefficient (Wildman–Crippen LogP) is 3.15. The van der Waals surface area contributed by atoms with Gasteiger partial charge in [0.2, 0.25) is 0 Å². The number of nitrogens with zero attached hydrogens (tertiary/aromatic N) is 2. The molecule has 2 heterocycles. The van der Waals surface area contributed by atoms with E-state index in [1.807, 2.05) is 47.9 Å². The molecule has 1 aromatic carbocycles. The summed E-state index contributed by atoms with van der Waals surface area (Å²) in [6, 6.07) is 14.9. The summed E-state index contributed by atoms with van der Waals surface area (Å²) in [4.78, 5) is 11.8. The normalized spacial score (nSPS) is 10.9. The lowest BCUT2D eigenvalue weighted by Gasteiger charge is -2.10. The van der Waals surface area contributed by atoms with Crippen molar-refractivity contribution in [3.8, 4) is 11.4 Å². The molecule has 2 aromatic heterocycles. The largest absolute Gasteiger partial charge is 0.497 e. The van der Waals surface area contributed by atoms with E-state index < -0.39 is 5.91 Å². The summed E-state index contributed by atoms with van der Waals surface area (Å²) in [5.41, 5.74) is 5.33. The number of furan rings is 1. The zero-order valence-electron chi connectivity index (χ0n) is 13.4. The highest BCUT2D eigenvalue weighted by molar-refractivity contribution is 5.92. The molecule has 1 N–H and O–H groups in total. The Labute approximate surface area is 139 Å². The molecule has 1 amide bonds. The molecule has 0 saturated heterocycles. The van der Waals surface area contributed by atoms with Crippen LogP contribution in [-0.2, 0) is 0 Å². The van der Waals surface area contributed by atoms with Crippen LogP contribution in [0.4, 0.5) is 0 Å². The number of methoxy groups -OCH3 is 1. The minimum Gasteiger partial charge on any atom is -0.497 e. The first kappa shape index (κ1) is 15.6. The fraction of sp³-hybridized carbons (Fsp3) is 0.111. The van der Waals surface area contributed by atoms with Gasteiger partial charge in [-0.25, -0.2) is 5.43 Å². The first-order valence-corrected chi connectivity index (χ1v) is 7.39. The van der Waals surface area contributed by atoms with E-state index in [0.29, 0.717) is 0 Å². The zero-order valence-corrected chi connectivity index (χ0v) is 13.4. The number of ether oxygens (including phenoxy) is 1. The van der Waals surface area contributed by atoms with Gasteiger partial charge in [0, 0.05) is 11.4 Å². The Balaban J connectivity index is 1.79. The highest BCUT2D eigenvalue weighted by Crippen LogP contribution is 2.19. The van der Waals surface area contributed by atoms with Crippen molar-refractivity contribution in [2.24, 2.45) is 5.10 Å². The summed E-state index contributed by atoms with van der Waals surface area (Å²) < 4.78 is 12.2. The minimum absolute atomic E-state index is 0.217. The van der Waals surface area contributed by atoms with E-state index in [1.54, 1.807) is 25.5 Å². The topological polar surface area (TPSA) is 68.8 Å². The number of amides is 1. The van der Waals surface area contributed by atoms with Crippen LogP contribution in [0, 0.1) is 6.92 Å². The van der Waals surface area contributed by atoms with Crippen molar-refractivity contribution in [3.63, 3.8) is 0 Å². The van der Waals surface area contributed by atoms with Gasteiger partial charge < -0.3 is 13.7 Å². The van der Waals surface area contributed by atoms with Crippen molar-refractivity contribution in [2.75, 3.05) is 7.11 Å².